The van der Waals surface area contributed by atoms with Gasteiger partial charge in [-0.25, -0.2) is 4.98 Å². The number of amides is 1. The SMILES string of the molecule is Cc1ccc(NC(=O)C2(N)CC2)cc1-c1ncco1.Cl. The van der Waals surface area contributed by atoms with Crippen LogP contribution in [0.3, 0.4) is 0 Å². The van der Waals surface area contributed by atoms with E-state index in [0.29, 0.717) is 11.6 Å². The molecule has 6 heteroatoms. The van der Waals surface area contributed by atoms with E-state index in [2.05, 4.69) is 10.3 Å². The first-order chi connectivity index (χ1) is 9.08. The number of halogens is 1. The fourth-order valence-corrected chi connectivity index (χ4v) is 1.90. The Morgan fingerprint density at radius 1 is 1.45 bits per heavy atom. The first kappa shape index (κ1) is 14.6. The Morgan fingerprint density at radius 2 is 2.20 bits per heavy atom. The summed E-state index contributed by atoms with van der Waals surface area (Å²) in [7, 11) is 0. The number of nitrogens with zero attached hydrogens (tertiary/aromatic N) is 1. The monoisotopic (exact) mass is 293 g/mol. The maximum atomic E-state index is 11.9. The lowest BCUT2D eigenvalue weighted by molar-refractivity contribution is -0.118. The number of aryl methyl sites for hydroxylation is 1. The fourth-order valence-electron chi connectivity index (χ4n) is 1.90. The Hall–Kier alpha value is -1.85. The van der Waals surface area contributed by atoms with Crippen LogP contribution in [0.5, 0.6) is 0 Å². The van der Waals surface area contributed by atoms with Gasteiger partial charge in [-0.2, -0.15) is 0 Å². The van der Waals surface area contributed by atoms with E-state index in [4.69, 9.17) is 10.2 Å². The molecule has 0 saturated heterocycles. The molecule has 106 valence electrons. The molecule has 1 saturated carbocycles. The molecular formula is C14H16ClN3O2. The van der Waals surface area contributed by atoms with Crippen molar-refractivity contribution in [2.75, 3.05) is 5.32 Å². The number of benzene rings is 1. The highest BCUT2D eigenvalue weighted by atomic mass is 35.5. The van der Waals surface area contributed by atoms with E-state index >= 15 is 0 Å². The van der Waals surface area contributed by atoms with Gasteiger partial charge in [0.05, 0.1) is 11.7 Å². The lowest BCUT2D eigenvalue weighted by atomic mass is 10.1. The van der Waals surface area contributed by atoms with E-state index in [1.165, 1.54) is 6.26 Å². The number of carbonyl (C=O) groups excluding carboxylic acids is 1. The second-order valence-electron chi connectivity index (χ2n) is 4.98. The van der Waals surface area contributed by atoms with Crippen molar-refractivity contribution < 1.29 is 9.21 Å². The third-order valence-electron chi connectivity index (χ3n) is 3.40. The van der Waals surface area contributed by atoms with Crippen LogP contribution in [0.15, 0.2) is 35.1 Å². The molecule has 1 aliphatic carbocycles. The van der Waals surface area contributed by atoms with Gasteiger partial charge in [-0.05, 0) is 37.5 Å². The Morgan fingerprint density at radius 3 is 2.80 bits per heavy atom. The van der Waals surface area contributed by atoms with E-state index in [-0.39, 0.29) is 18.3 Å². The highest BCUT2D eigenvalue weighted by Crippen LogP contribution is 2.34. The molecule has 5 nitrogen and oxygen atoms in total. The first-order valence-corrected chi connectivity index (χ1v) is 6.19. The first-order valence-electron chi connectivity index (χ1n) is 6.19. The molecule has 1 fully saturated rings. The molecule has 1 aliphatic rings. The molecule has 1 aromatic heterocycles. The van der Waals surface area contributed by atoms with Crippen molar-refractivity contribution >= 4 is 24.0 Å². The predicted molar refractivity (Wildman–Crippen MR) is 78.7 cm³/mol. The molecule has 0 spiro atoms. The maximum Gasteiger partial charge on any atom is 0.244 e. The molecule has 20 heavy (non-hydrogen) atoms. The second-order valence-corrected chi connectivity index (χ2v) is 4.98. The number of nitrogens with one attached hydrogen (secondary N) is 1. The number of hydrogen-bond donors (Lipinski definition) is 2. The molecule has 0 unspecified atom stereocenters. The molecule has 1 heterocycles. The van der Waals surface area contributed by atoms with Gasteiger partial charge in [0.25, 0.3) is 0 Å². The number of oxazole rings is 1. The average Bonchev–Trinajstić information content (AvgIpc) is 2.93. The molecule has 2 aromatic rings. The van der Waals surface area contributed by atoms with Gasteiger partial charge in [0.2, 0.25) is 11.8 Å². The van der Waals surface area contributed by atoms with Crippen LogP contribution in [0.2, 0.25) is 0 Å². The van der Waals surface area contributed by atoms with Crippen LogP contribution in [-0.2, 0) is 4.79 Å². The van der Waals surface area contributed by atoms with Gasteiger partial charge in [-0.3, -0.25) is 4.79 Å². The van der Waals surface area contributed by atoms with Crippen molar-refractivity contribution in [1.29, 1.82) is 0 Å². The topological polar surface area (TPSA) is 81.2 Å². The number of aromatic nitrogens is 1. The van der Waals surface area contributed by atoms with Gasteiger partial charge in [0.15, 0.2) is 0 Å². The maximum absolute atomic E-state index is 11.9. The van der Waals surface area contributed by atoms with E-state index in [1.807, 2.05) is 25.1 Å². The number of rotatable bonds is 3. The quantitative estimate of drug-likeness (QED) is 0.911. The third-order valence-corrected chi connectivity index (χ3v) is 3.40. The molecular weight excluding hydrogens is 278 g/mol. The summed E-state index contributed by atoms with van der Waals surface area (Å²) in [6.07, 6.45) is 4.62. The predicted octanol–water partition coefficient (Wildman–Crippen LogP) is 2.50. The molecule has 1 aromatic carbocycles. The van der Waals surface area contributed by atoms with Gasteiger partial charge in [-0.15, -0.1) is 12.4 Å². The molecule has 0 atom stereocenters. The Balaban J connectivity index is 0.00000147. The summed E-state index contributed by atoms with van der Waals surface area (Å²) in [5.74, 6) is 0.414. The van der Waals surface area contributed by atoms with Crippen molar-refractivity contribution in [3.8, 4) is 11.5 Å². The van der Waals surface area contributed by atoms with Crippen LogP contribution < -0.4 is 11.1 Å². The second kappa shape index (κ2) is 5.26. The smallest absolute Gasteiger partial charge is 0.244 e. The standard InChI is InChI=1S/C14H15N3O2.ClH/c1-9-2-3-10(17-13(18)14(15)4-5-14)8-11(9)12-16-6-7-19-12;/h2-3,6-8H,4-5,15H2,1H3,(H,17,18);1H. The van der Waals surface area contributed by atoms with Crippen LogP contribution >= 0.6 is 12.4 Å². The van der Waals surface area contributed by atoms with Crippen molar-refractivity contribution in [2.45, 2.75) is 25.3 Å². The van der Waals surface area contributed by atoms with Gasteiger partial charge in [0, 0.05) is 11.3 Å². The lowest BCUT2D eigenvalue weighted by Gasteiger charge is -2.11. The minimum atomic E-state index is -0.673. The summed E-state index contributed by atoms with van der Waals surface area (Å²) < 4.78 is 5.29. The molecule has 3 rings (SSSR count). The zero-order chi connectivity index (χ0) is 13.5. The average molecular weight is 294 g/mol. The van der Waals surface area contributed by atoms with E-state index in [9.17, 15) is 4.79 Å². The lowest BCUT2D eigenvalue weighted by Crippen LogP contribution is -2.37. The minimum Gasteiger partial charge on any atom is -0.445 e. The van der Waals surface area contributed by atoms with Gasteiger partial charge in [-0.1, -0.05) is 6.07 Å². The van der Waals surface area contributed by atoms with Crippen LogP contribution in [0.25, 0.3) is 11.5 Å². The van der Waals surface area contributed by atoms with Gasteiger partial charge < -0.3 is 15.5 Å². The molecule has 0 bridgehead atoms. The summed E-state index contributed by atoms with van der Waals surface area (Å²) in [5.41, 5.74) is 7.80. The molecule has 3 N–H and O–H groups in total. The Labute approximate surface area is 123 Å². The van der Waals surface area contributed by atoms with Crippen LogP contribution in [0.1, 0.15) is 18.4 Å². The van der Waals surface area contributed by atoms with E-state index in [0.717, 1.165) is 24.0 Å². The Kier molecular flexibility index (Phi) is 3.83. The van der Waals surface area contributed by atoms with Crippen molar-refractivity contribution in [3.05, 3.63) is 36.2 Å². The van der Waals surface area contributed by atoms with Crippen molar-refractivity contribution in [3.63, 3.8) is 0 Å². The highest BCUT2D eigenvalue weighted by Gasteiger charge is 2.45. The third kappa shape index (κ3) is 2.69. The van der Waals surface area contributed by atoms with Crippen LogP contribution in [-0.4, -0.2) is 16.4 Å². The zero-order valence-electron chi connectivity index (χ0n) is 11.1. The molecule has 0 radical (unpaired) electrons. The number of anilines is 1. The fraction of sp³-hybridized carbons (Fsp3) is 0.286. The van der Waals surface area contributed by atoms with Crippen molar-refractivity contribution in [2.24, 2.45) is 5.73 Å². The number of hydrogen-bond acceptors (Lipinski definition) is 4. The summed E-state index contributed by atoms with van der Waals surface area (Å²) in [4.78, 5) is 16.0. The number of nitrogens with two attached hydrogens (primary N) is 1. The summed E-state index contributed by atoms with van der Waals surface area (Å²) in [6, 6.07) is 5.63. The van der Waals surface area contributed by atoms with Crippen LogP contribution in [0, 0.1) is 6.92 Å². The Bertz CT molecular complexity index is 621. The minimum absolute atomic E-state index is 0. The largest absolute Gasteiger partial charge is 0.445 e. The van der Waals surface area contributed by atoms with Crippen molar-refractivity contribution in [1.82, 2.24) is 4.98 Å². The highest BCUT2D eigenvalue weighted by molar-refractivity contribution is 6.00. The zero-order valence-corrected chi connectivity index (χ0v) is 11.9. The summed E-state index contributed by atoms with van der Waals surface area (Å²) in [5, 5.41) is 2.84. The van der Waals surface area contributed by atoms with E-state index < -0.39 is 5.54 Å². The van der Waals surface area contributed by atoms with Crippen LogP contribution in [0.4, 0.5) is 5.69 Å². The van der Waals surface area contributed by atoms with Gasteiger partial charge >= 0.3 is 0 Å². The summed E-state index contributed by atoms with van der Waals surface area (Å²) >= 11 is 0. The number of carbonyl (C=O) groups is 1. The summed E-state index contributed by atoms with van der Waals surface area (Å²) in [6.45, 7) is 1.97. The van der Waals surface area contributed by atoms with Gasteiger partial charge in [0.1, 0.15) is 6.26 Å². The molecule has 0 aliphatic heterocycles. The normalized spacial score (nSPS) is 15.3. The molecule has 1 amide bonds. The van der Waals surface area contributed by atoms with E-state index in [1.54, 1.807) is 6.20 Å².